The van der Waals surface area contributed by atoms with E-state index in [4.69, 9.17) is 0 Å². The van der Waals surface area contributed by atoms with Crippen molar-refractivity contribution in [3.8, 4) is 0 Å². The van der Waals surface area contributed by atoms with E-state index in [9.17, 15) is 14.0 Å². The molecule has 0 bridgehead atoms. The molecule has 9 heteroatoms. The zero-order chi connectivity index (χ0) is 22.3. The highest BCUT2D eigenvalue weighted by Gasteiger charge is 2.53. The Kier molecular flexibility index (Phi) is 5.43. The fourth-order valence-electron chi connectivity index (χ4n) is 4.01. The molecule has 8 nitrogen and oxygen atoms in total. The lowest BCUT2D eigenvalue weighted by atomic mass is 10.1. The van der Waals surface area contributed by atoms with Crippen LogP contribution in [0.5, 0.6) is 0 Å². The van der Waals surface area contributed by atoms with Crippen molar-refractivity contribution >= 4 is 23.7 Å². The molecule has 0 saturated carbocycles. The average molecular weight is 425 g/mol. The summed E-state index contributed by atoms with van der Waals surface area (Å²) in [7, 11) is 1.61. The average Bonchev–Trinajstić information content (AvgIpc) is 3.35. The number of benzene rings is 1. The normalized spacial score (nSPS) is 18.7. The Bertz CT molecular complexity index is 1120. The van der Waals surface area contributed by atoms with Gasteiger partial charge in [0.2, 0.25) is 11.9 Å². The van der Waals surface area contributed by atoms with Crippen molar-refractivity contribution in [3.05, 3.63) is 53.1 Å². The van der Waals surface area contributed by atoms with Gasteiger partial charge in [0.25, 0.3) is 5.91 Å². The Hall–Kier alpha value is -3.36. The zero-order valence-electron chi connectivity index (χ0n) is 18.2. The molecule has 3 heterocycles. The Morgan fingerprint density at radius 2 is 1.87 bits per heavy atom. The summed E-state index contributed by atoms with van der Waals surface area (Å²) in [6.45, 7) is 6.15. The number of hydrogen-bond acceptors (Lipinski definition) is 4. The number of carbonyl (C=O) groups is 2. The van der Waals surface area contributed by atoms with Gasteiger partial charge in [0.05, 0.1) is 12.2 Å². The van der Waals surface area contributed by atoms with Gasteiger partial charge < -0.3 is 0 Å². The molecule has 3 amide bonds. The maximum absolute atomic E-state index is 14.5. The Morgan fingerprint density at radius 1 is 1.13 bits per heavy atom. The Labute approximate surface area is 180 Å². The van der Waals surface area contributed by atoms with Crippen molar-refractivity contribution in [1.82, 2.24) is 19.6 Å². The molecule has 1 fully saturated rings. The van der Waals surface area contributed by atoms with E-state index >= 15 is 0 Å². The second kappa shape index (κ2) is 8.05. The second-order valence-electron chi connectivity index (χ2n) is 7.56. The van der Waals surface area contributed by atoms with Crippen molar-refractivity contribution in [2.45, 2.75) is 46.2 Å². The van der Waals surface area contributed by atoms with Gasteiger partial charge in [-0.05, 0) is 25.5 Å². The van der Waals surface area contributed by atoms with E-state index in [1.165, 1.54) is 15.9 Å². The second-order valence-corrected chi connectivity index (χ2v) is 7.56. The molecule has 0 N–H and O–H groups in total. The number of imide groups is 1. The SMILES string of the molecule is CCc1cc(CC)n(C2=[N+](Cc3ccccc3F)C3C(=O)N(CC)C(=O)N(C)C3=N2)n1. The van der Waals surface area contributed by atoms with Crippen molar-refractivity contribution in [3.63, 3.8) is 0 Å². The molecule has 4 rings (SSSR count). The first-order valence-corrected chi connectivity index (χ1v) is 10.5. The third-order valence-electron chi connectivity index (χ3n) is 5.75. The highest BCUT2D eigenvalue weighted by Crippen LogP contribution is 2.23. The smallest absolute Gasteiger partial charge is 0.270 e. The van der Waals surface area contributed by atoms with Crippen LogP contribution in [-0.2, 0) is 24.2 Å². The Morgan fingerprint density at radius 3 is 2.52 bits per heavy atom. The van der Waals surface area contributed by atoms with Crippen LogP contribution >= 0.6 is 0 Å². The quantitative estimate of drug-likeness (QED) is 0.690. The van der Waals surface area contributed by atoms with Crippen molar-refractivity contribution in [1.29, 1.82) is 0 Å². The molecule has 2 aromatic rings. The first-order chi connectivity index (χ1) is 14.9. The van der Waals surface area contributed by atoms with Crippen molar-refractivity contribution < 1.29 is 18.6 Å². The third kappa shape index (κ3) is 3.34. The number of rotatable bonds is 5. The van der Waals surface area contributed by atoms with E-state index in [1.807, 2.05) is 19.9 Å². The molecule has 2 aliphatic rings. The molecule has 0 spiro atoms. The summed E-state index contributed by atoms with van der Waals surface area (Å²) in [4.78, 5) is 33.3. The molecule has 1 unspecified atom stereocenters. The van der Waals surface area contributed by atoms with Gasteiger partial charge in [-0.1, -0.05) is 37.0 Å². The fraction of sp³-hybridized carbons (Fsp3) is 0.409. The monoisotopic (exact) mass is 425 g/mol. The van der Waals surface area contributed by atoms with Gasteiger partial charge in [0.1, 0.15) is 11.5 Å². The van der Waals surface area contributed by atoms with E-state index < -0.39 is 12.1 Å². The topological polar surface area (TPSA) is 73.8 Å². The minimum Gasteiger partial charge on any atom is -0.270 e. The number of aromatic nitrogens is 2. The van der Waals surface area contributed by atoms with E-state index in [0.717, 1.165) is 17.8 Å². The number of nitrogens with zero attached hydrogens (tertiary/aromatic N) is 6. The molecule has 0 aliphatic carbocycles. The van der Waals surface area contributed by atoms with Gasteiger partial charge in [-0.25, -0.2) is 13.8 Å². The summed E-state index contributed by atoms with van der Waals surface area (Å²) in [5, 5.41) is 4.67. The first-order valence-electron chi connectivity index (χ1n) is 10.5. The molecule has 1 aromatic carbocycles. The van der Waals surface area contributed by atoms with E-state index in [2.05, 4.69) is 10.1 Å². The lowest BCUT2D eigenvalue weighted by molar-refractivity contribution is -0.553. The van der Waals surface area contributed by atoms with Gasteiger partial charge in [-0.3, -0.25) is 14.6 Å². The van der Waals surface area contributed by atoms with Crippen LogP contribution in [0.2, 0.25) is 0 Å². The number of aryl methyl sites for hydroxylation is 2. The molecule has 1 saturated heterocycles. The number of hydrogen-bond donors (Lipinski definition) is 0. The van der Waals surface area contributed by atoms with E-state index in [-0.39, 0.29) is 24.8 Å². The fourth-order valence-corrected chi connectivity index (χ4v) is 4.01. The summed E-state index contributed by atoms with van der Waals surface area (Å²) in [6, 6.07) is 7.23. The summed E-state index contributed by atoms with van der Waals surface area (Å²) in [5.41, 5.74) is 2.27. The first kappa shape index (κ1) is 20.9. The largest absolute Gasteiger partial charge is 0.421 e. The molecule has 31 heavy (non-hydrogen) atoms. The van der Waals surface area contributed by atoms with Crippen LogP contribution in [0.15, 0.2) is 35.3 Å². The Balaban J connectivity index is 1.91. The standard InChI is InChI=1S/C22H26FN6O2/c1-5-15-12-16(6-2)29(25-15)21-24-19-18(20(30)27(7-3)22(31)26(19)4)28(21)13-14-10-8-9-11-17(14)23/h8-12,18H,5-7,13H2,1-4H3/q+1. The lowest BCUT2D eigenvalue weighted by Gasteiger charge is -2.33. The number of urea groups is 1. The third-order valence-corrected chi connectivity index (χ3v) is 5.75. The van der Waals surface area contributed by atoms with Gasteiger partial charge in [0, 0.05) is 25.6 Å². The van der Waals surface area contributed by atoms with Gasteiger partial charge in [-0.15, -0.1) is 9.78 Å². The number of halogens is 1. The van der Waals surface area contributed by atoms with Gasteiger partial charge in [0.15, 0.2) is 0 Å². The number of fused-ring (bicyclic) bond motifs is 1. The van der Waals surface area contributed by atoms with Crippen molar-refractivity contribution in [2.75, 3.05) is 13.6 Å². The molecule has 0 radical (unpaired) electrons. The summed E-state index contributed by atoms with van der Waals surface area (Å²) in [6.07, 6.45) is 1.46. The summed E-state index contributed by atoms with van der Waals surface area (Å²) < 4.78 is 18.0. The van der Waals surface area contributed by atoms with E-state index in [1.54, 1.807) is 41.4 Å². The van der Waals surface area contributed by atoms with Crippen LogP contribution in [0.3, 0.4) is 0 Å². The molecular weight excluding hydrogens is 399 g/mol. The summed E-state index contributed by atoms with van der Waals surface area (Å²) in [5.74, 6) is 0.0322. The summed E-state index contributed by atoms with van der Waals surface area (Å²) >= 11 is 0. The lowest BCUT2D eigenvalue weighted by Crippen LogP contribution is -2.62. The molecule has 162 valence electrons. The number of amidine groups is 1. The number of amides is 3. The molecular formula is C22H26FN6O2+. The van der Waals surface area contributed by atoms with Gasteiger partial charge in [-0.2, -0.15) is 0 Å². The van der Waals surface area contributed by atoms with Crippen LogP contribution in [0, 0.1) is 5.82 Å². The van der Waals surface area contributed by atoms with Crippen LogP contribution in [0.25, 0.3) is 0 Å². The molecule has 1 atom stereocenters. The zero-order valence-corrected chi connectivity index (χ0v) is 18.2. The highest BCUT2D eigenvalue weighted by atomic mass is 19.1. The van der Waals surface area contributed by atoms with Crippen LogP contribution < -0.4 is 0 Å². The van der Waals surface area contributed by atoms with E-state index in [0.29, 0.717) is 23.8 Å². The number of likely N-dealkylation sites (N-methyl/N-ethyl adjacent to an activating group) is 2. The maximum atomic E-state index is 14.5. The highest BCUT2D eigenvalue weighted by molar-refractivity contribution is 6.22. The van der Waals surface area contributed by atoms with Crippen molar-refractivity contribution in [2.24, 2.45) is 4.99 Å². The number of aliphatic imine (C=N–C) groups is 1. The predicted molar refractivity (Wildman–Crippen MR) is 114 cm³/mol. The minimum absolute atomic E-state index is 0.121. The molecule has 1 aromatic heterocycles. The maximum Gasteiger partial charge on any atom is 0.421 e. The van der Waals surface area contributed by atoms with Gasteiger partial charge >= 0.3 is 12.0 Å². The minimum atomic E-state index is -0.823. The molecule has 2 aliphatic heterocycles. The van der Waals surface area contributed by atoms with Crippen LogP contribution in [-0.4, -0.2) is 67.5 Å². The van der Waals surface area contributed by atoms with Crippen LogP contribution in [0.1, 0.15) is 37.7 Å². The predicted octanol–water partition coefficient (Wildman–Crippen LogP) is 2.26. The van der Waals surface area contributed by atoms with Crippen LogP contribution in [0.4, 0.5) is 9.18 Å². The number of carbonyl (C=O) groups excluding carboxylic acids is 2.